The number of hydrogen-bond donors (Lipinski definition) is 1. The number of rotatable bonds is 2. The Kier molecular flexibility index (Phi) is 3.30. The summed E-state index contributed by atoms with van der Waals surface area (Å²) in [6, 6.07) is 0. The Morgan fingerprint density at radius 3 is 2.36 bits per heavy atom. The Bertz CT molecular complexity index is 342. The summed E-state index contributed by atoms with van der Waals surface area (Å²) in [4.78, 5) is 11.3. The summed E-state index contributed by atoms with van der Waals surface area (Å²) in [7, 11) is -3.90. The van der Waals surface area contributed by atoms with Crippen molar-refractivity contribution in [2.45, 2.75) is 23.1 Å². The third kappa shape index (κ3) is 1.84. The molecule has 1 fully saturated rings. The van der Waals surface area contributed by atoms with E-state index >= 15 is 0 Å². The van der Waals surface area contributed by atoms with Gasteiger partial charge in [0.15, 0.2) is 4.71 Å². The van der Waals surface area contributed by atoms with Crippen LogP contribution in [0.25, 0.3) is 0 Å². The van der Waals surface area contributed by atoms with Crippen molar-refractivity contribution in [1.29, 1.82) is 0 Å². The van der Waals surface area contributed by atoms with Crippen LogP contribution in [0.2, 0.25) is 0 Å². The molecule has 3 unspecified atom stereocenters. The number of alkyl halides is 2. The number of hydrogen-bond acceptors (Lipinski definition) is 4. The van der Waals surface area contributed by atoms with Gasteiger partial charge in [0, 0.05) is 0 Å². The number of aliphatic hydroxyl groups excluding tert-OH is 1. The predicted molar refractivity (Wildman–Crippen MR) is 51.6 cm³/mol. The molecule has 1 heterocycles. The molecule has 5 nitrogen and oxygen atoms in total. The fourth-order valence-corrected chi connectivity index (χ4v) is 3.49. The molecule has 0 aromatic carbocycles. The number of halogens is 2. The molecule has 0 aliphatic carbocycles. The standard InChI is InChI=1S/C6H9Cl2NO4S/c1-3(10)2-9-6(11)4(7)5(8)14(9,12)13/h3-5,10H,2H2,1H3. The SMILES string of the molecule is CC(O)CN1C(=O)C(Cl)C(Cl)S1(=O)=O. The maximum absolute atomic E-state index is 11.4. The fourth-order valence-electron chi connectivity index (χ4n) is 1.08. The van der Waals surface area contributed by atoms with Crippen LogP contribution in [-0.2, 0) is 14.8 Å². The maximum Gasteiger partial charge on any atom is 0.256 e. The van der Waals surface area contributed by atoms with Crippen LogP contribution in [0.5, 0.6) is 0 Å². The molecule has 3 atom stereocenters. The van der Waals surface area contributed by atoms with Gasteiger partial charge in [0.1, 0.15) is 5.38 Å². The van der Waals surface area contributed by atoms with Crippen LogP contribution >= 0.6 is 23.2 Å². The number of nitrogens with zero attached hydrogens (tertiary/aromatic N) is 1. The highest BCUT2D eigenvalue weighted by molar-refractivity contribution is 7.92. The molecule has 0 radical (unpaired) electrons. The van der Waals surface area contributed by atoms with Gasteiger partial charge in [0.05, 0.1) is 12.6 Å². The summed E-state index contributed by atoms with van der Waals surface area (Å²) >= 11 is 11.0. The summed E-state index contributed by atoms with van der Waals surface area (Å²) in [5, 5.41) is 7.71. The quantitative estimate of drug-likeness (QED) is 0.694. The smallest absolute Gasteiger partial charge is 0.256 e. The first-order valence-corrected chi connectivity index (χ1v) is 6.17. The average molecular weight is 262 g/mol. The van der Waals surface area contributed by atoms with E-state index in [9.17, 15) is 13.2 Å². The van der Waals surface area contributed by atoms with Crippen LogP contribution in [0, 0.1) is 0 Å². The number of carbonyl (C=O) groups excluding carboxylic acids is 1. The molecule has 8 heteroatoms. The van der Waals surface area contributed by atoms with Gasteiger partial charge < -0.3 is 5.11 Å². The zero-order valence-corrected chi connectivity index (χ0v) is 9.55. The Labute approximate surface area is 91.6 Å². The van der Waals surface area contributed by atoms with Crippen molar-refractivity contribution in [3.63, 3.8) is 0 Å². The van der Waals surface area contributed by atoms with Crippen LogP contribution in [0.1, 0.15) is 6.92 Å². The van der Waals surface area contributed by atoms with Gasteiger partial charge >= 0.3 is 0 Å². The van der Waals surface area contributed by atoms with E-state index in [0.29, 0.717) is 4.31 Å². The van der Waals surface area contributed by atoms with Gasteiger partial charge in [-0.05, 0) is 6.92 Å². The monoisotopic (exact) mass is 261 g/mol. The molecule has 1 aliphatic heterocycles. The van der Waals surface area contributed by atoms with Crippen molar-refractivity contribution in [2.24, 2.45) is 0 Å². The zero-order valence-electron chi connectivity index (χ0n) is 7.22. The molecule has 1 rings (SSSR count). The minimum Gasteiger partial charge on any atom is -0.392 e. The largest absolute Gasteiger partial charge is 0.392 e. The van der Waals surface area contributed by atoms with Crippen molar-refractivity contribution in [2.75, 3.05) is 6.54 Å². The van der Waals surface area contributed by atoms with Gasteiger partial charge in [-0.2, -0.15) is 0 Å². The van der Waals surface area contributed by atoms with E-state index in [-0.39, 0.29) is 6.54 Å². The first kappa shape index (κ1) is 12.0. The third-order valence-electron chi connectivity index (χ3n) is 1.73. The Hall–Kier alpha value is -0.0400. The van der Waals surface area contributed by atoms with Crippen molar-refractivity contribution in [1.82, 2.24) is 4.31 Å². The molecule has 0 saturated carbocycles. The van der Waals surface area contributed by atoms with E-state index in [0.717, 1.165) is 0 Å². The molecule has 1 saturated heterocycles. The topological polar surface area (TPSA) is 74.7 Å². The highest BCUT2D eigenvalue weighted by Gasteiger charge is 2.51. The van der Waals surface area contributed by atoms with Gasteiger partial charge in [0.2, 0.25) is 0 Å². The van der Waals surface area contributed by atoms with E-state index in [2.05, 4.69) is 0 Å². The van der Waals surface area contributed by atoms with Gasteiger partial charge in [-0.1, -0.05) is 0 Å². The highest BCUT2D eigenvalue weighted by Crippen LogP contribution is 2.30. The molecule has 1 amide bonds. The van der Waals surface area contributed by atoms with Gasteiger partial charge in [-0.15, -0.1) is 23.2 Å². The second-order valence-corrected chi connectivity index (χ2v) is 6.19. The van der Waals surface area contributed by atoms with E-state index in [1.165, 1.54) is 6.92 Å². The lowest BCUT2D eigenvalue weighted by Gasteiger charge is -2.16. The molecular weight excluding hydrogens is 253 g/mol. The van der Waals surface area contributed by atoms with Crippen LogP contribution in [0.4, 0.5) is 0 Å². The van der Waals surface area contributed by atoms with Crippen LogP contribution in [0.3, 0.4) is 0 Å². The van der Waals surface area contributed by atoms with E-state index < -0.39 is 32.1 Å². The Balaban J connectivity index is 3.01. The molecule has 0 bridgehead atoms. The second kappa shape index (κ2) is 3.84. The number of carbonyl (C=O) groups is 1. The molecule has 1 aliphatic rings. The molecule has 0 spiro atoms. The summed E-state index contributed by atoms with van der Waals surface area (Å²) in [6.07, 6.45) is -0.945. The summed E-state index contributed by atoms with van der Waals surface area (Å²) < 4.78 is 21.9. The third-order valence-corrected chi connectivity index (χ3v) is 5.16. The Morgan fingerprint density at radius 2 is 2.07 bits per heavy atom. The zero-order chi connectivity index (χ0) is 11.1. The lowest BCUT2D eigenvalue weighted by Crippen LogP contribution is -2.36. The van der Waals surface area contributed by atoms with Crippen molar-refractivity contribution in [3.8, 4) is 0 Å². The lowest BCUT2D eigenvalue weighted by molar-refractivity contribution is -0.125. The normalized spacial score (nSPS) is 33.4. The minimum absolute atomic E-state index is 0.312. The average Bonchev–Trinajstić information content (AvgIpc) is 2.20. The van der Waals surface area contributed by atoms with Crippen LogP contribution in [0.15, 0.2) is 0 Å². The molecular formula is C6H9Cl2NO4S. The Morgan fingerprint density at radius 1 is 1.57 bits per heavy atom. The second-order valence-electron chi connectivity index (χ2n) is 3.02. The predicted octanol–water partition coefficient (Wildman–Crippen LogP) is -0.288. The van der Waals surface area contributed by atoms with Crippen LogP contribution in [-0.4, -0.2) is 46.5 Å². The maximum atomic E-state index is 11.4. The number of aliphatic hydroxyl groups is 1. The molecule has 14 heavy (non-hydrogen) atoms. The molecule has 1 N–H and O–H groups in total. The van der Waals surface area contributed by atoms with Crippen molar-refractivity contribution in [3.05, 3.63) is 0 Å². The van der Waals surface area contributed by atoms with Crippen LogP contribution < -0.4 is 0 Å². The van der Waals surface area contributed by atoms with E-state index in [1.807, 2.05) is 0 Å². The summed E-state index contributed by atoms with van der Waals surface area (Å²) in [5.74, 6) is -0.785. The minimum atomic E-state index is -3.90. The van der Waals surface area contributed by atoms with Crippen molar-refractivity contribution < 1.29 is 18.3 Å². The lowest BCUT2D eigenvalue weighted by atomic mass is 10.4. The number of amides is 1. The van der Waals surface area contributed by atoms with Crippen molar-refractivity contribution >= 4 is 39.1 Å². The molecule has 0 aromatic rings. The number of sulfonamides is 1. The van der Waals surface area contributed by atoms with E-state index in [1.54, 1.807) is 0 Å². The first-order chi connectivity index (χ1) is 6.28. The fraction of sp³-hybridized carbons (Fsp3) is 0.833. The summed E-state index contributed by atoms with van der Waals surface area (Å²) in [6.45, 7) is 1.06. The van der Waals surface area contributed by atoms with E-state index in [4.69, 9.17) is 28.3 Å². The first-order valence-electron chi connectivity index (χ1n) is 3.80. The highest BCUT2D eigenvalue weighted by atomic mass is 35.5. The summed E-state index contributed by atoms with van der Waals surface area (Å²) in [5.41, 5.74) is 0. The van der Waals surface area contributed by atoms with Gasteiger partial charge in [0.25, 0.3) is 15.9 Å². The molecule has 0 aromatic heterocycles. The van der Waals surface area contributed by atoms with Gasteiger partial charge in [-0.25, -0.2) is 12.7 Å². The number of β-amino-alcohol motifs (C(OH)–C–C–N with tert-alkyl or cyclic N) is 1. The molecule has 82 valence electrons. The van der Waals surface area contributed by atoms with Gasteiger partial charge in [-0.3, -0.25) is 4.79 Å².